The van der Waals surface area contributed by atoms with Crippen LogP contribution in [0.5, 0.6) is 0 Å². The van der Waals surface area contributed by atoms with Crippen molar-refractivity contribution in [2.45, 2.75) is 76.1 Å². The number of alkyl carbamates (subject to hydrolysis) is 1. The van der Waals surface area contributed by atoms with Gasteiger partial charge in [0.05, 0.1) is 0 Å². The van der Waals surface area contributed by atoms with Crippen molar-refractivity contribution in [1.29, 1.82) is 0 Å². The molecule has 2 aliphatic rings. The average molecular weight is 682 g/mol. The van der Waals surface area contributed by atoms with Crippen molar-refractivity contribution in [2.75, 3.05) is 36.4 Å². The molecule has 3 aromatic rings. The Morgan fingerprint density at radius 2 is 1.40 bits per heavy atom. The first-order chi connectivity index (χ1) is 22.4. The Morgan fingerprint density at radius 3 is 1.94 bits per heavy atom. The largest absolute Gasteiger partial charge is 0.461 e. The molecule has 1 amide bonds. The number of nitrogens with one attached hydrogen (secondary N) is 1. The molecule has 0 aromatic heterocycles. The second kappa shape index (κ2) is 14.9. The lowest BCUT2D eigenvalue weighted by Gasteiger charge is -2.49. The number of rotatable bonds is 12. The summed E-state index contributed by atoms with van der Waals surface area (Å²) in [5.41, 5.74) is 4.84. The lowest BCUT2D eigenvalue weighted by Crippen LogP contribution is -2.60. The standard InChI is InChI=1S/C37H44Cl2N3O5/c1-36(2)22-27(23-37(3,4)42(36)45)47-34(43)33(21-25-13-15-26(16-14-25)41(19-17-38)20-18-39)40-35(44)46-24-32-30-11-7-5-9-28(30)29-10-6-8-12-31(29)32/h5-16,27,32-33H,17-24H2,1-4H3,(H,40,44). The van der Waals surface area contributed by atoms with E-state index in [0.29, 0.717) is 37.7 Å². The molecule has 1 aliphatic carbocycles. The minimum absolute atomic E-state index is 0.114. The van der Waals surface area contributed by atoms with Crippen molar-refractivity contribution in [3.05, 3.63) is 89.5 Å². The van der Waals surface area contributed by atoms with Crippen LogP contribution >= 0.6 is 23.2 Å². The number of alkyl halides is 2. The number of hydrogen-bond acceptors (Lipinski definition) is 6. The van der Waals surface area contributed by atoms with Crippen molar-refractivity contribution in [3.8, 4) is 11.1 Å². The smallest absolute Gasteiger partial charge is 0.407 e. The van der Waals surface area contributed by atoms with Crippen molar-refractivity contribution < 1.29 is 24.3 Å². The van der Waals surface area contributed by atoms with Crippen LogP contribution in [0.1, 0.15) is 63.1 Å². The third kappa shape index (κ3) is 8.06. The normalized spacial score (nSPS) is 17.8. The molecule has 3 aromatic carbocycles. The molecule has 1 radical (unpaired) electrons. The van der Waals surface area contributed by atoms with E-state index in [9.17, 15) is 14.8 Å². The Bertz CT molecular complexity index is 1480. The van der Waals surface area contributed by atoms with Gasteiger partial charge in [-0.3, -0.25) is 0 Å². The Kier molecular flexibility index (Phi) is 11.1. The molecule has 1 fully saturated rings. The lowest BCUT2D eigenvalue weighted by atomic mass is 9.80. The van der Waals surface area contributed by atoms with Gasteiger partial charge in [0.25, 0.3) is 0 Å². The first-order valence-corrected chi connectivity index (χ1v) is 17.3. The summed E-state index contributed by atoms with van der Waals surface area (Å²) in [5.74, 6) is 0.256. The van der Waals surface area contributed by atoms with Gasteiger partial charge < -0.3 is 19.7 Å². The summed E-state index contributed by atoms with van der Waals surface area (Å²) in [7, 11) is 0. The van der Waals surface area contributed by atoms with Gasteiger partial charge in [-0.15, -0.1) is 33.5 Å². The predicted molar refractivity (Wildman–Crippen MR) is 186 cm³/mol. The zero-order chi connectivity index (χ0) is 33.8. The van der Waals surface area contributed by atoms with E-state index < -0.39 is 35.3 Å². The highest BCUT2D eigenvalue weighted by atomic mass is 35.5. The van der Waals surface area contributed by atoms with E-state index in [4.69, 9.17) is 32.7 Å². The molecule has 1 N–H and O–H groups in total. The maximum absolute atomic E-state index is 13.8. The number of halogens is 2. The Morgan fingerprint density at radius 1 is 0.872 bits per heavy atom. The van der Waals surface area contributed by atoms with Gasteiger partial charge in [0, 0.05) is 66.8 Å². The number of carbonyl (C=O) groups is 2. The molecule has 10 heteroatoms. The molecule has 251 valence electrons. The predicted octanol–water partition coefficient (Wildman–Crippen LogP) is 7.33. The van der Waals surface area contributed by atoms with Gasteiger partial charge in [-0.1, -0.05) is 60.7 Å². The van der Waals surface area contributed by atoms with Crippen LogP contribution in [0.3, 0.4) is 0 Å². The minimum atomic E-state index is -1.00. The van der Waals surface area contributed by atoms with E-state index in [-0.39, 0.29) is 18.9 Å². The van der Waals surface area contributed by atoms with E-state index in [1.807, 2.05) is 76.2 Å². The summed E-state index contributed by atoms with van der Waals surface area (Å²) in [6.07, 6.45) is -0.214. The topological polar surface area (TPSA) is 91.0 Å². The highest BCUT2D eigenvalue weighted by Crippen LogP contribution is 2.44. The number of hydrogen-bond donors (Lipinski definition) is 1. The molecular weight excluding hydrogens is 637 g/mol. The number of anilines is 1. The molecule has 1 aliphatic heterocycles. The van der Waals surface area contributed by atoms with Crippen LogP contribution in [0.25, 0.3) is 11.1 Å². The van der Waals surface area contributed by atoms with Crippen LogP contribution in [0.4, 0.5) is 10.5 Å². The van der Waals surface area contributed by atoms with Crippen molar-refractivity contribution in [3.63, 3.8) is 0 Å². The van der Waals surface area contributed by atoms with Gasteiger partial charge in [-0.05, 0) is 67.6 Å². The van der Waals surface area contributed by atoms with Gasteiger partial charge in [0.2, 0.25) is 0 Å². The van der Waals surface area contributed by atoms with Crippen LogP contribution in [-0.2, 0) is 25.9 Å². The van der Waals surface area contributed by atoms with E-state index in [1.54, 1.807) is 0 Å². The average Bonchev–Trinajstić information content (AvgIpc) is 3.36. The van der Waals surface area contributed by atoms with E-state index in [1.165, 1.54) is 0 Å². The Balaban J connectivity index is 1.31. The van der Waals surface area contributed by atoms with Crippen LogP contribution in [0.2, 0.25) is 0 Å². The summed E-state index contributed by atoms with van der Waals surface area (Å²) in [6, 6.07) is 23.0. The number of ether oxygens (including phenoxy) is 2. The molecule has 1 unspecified atom stereocenters. The van der Waals surface area contributed by atoms with Gasteiger partial charge >= 0.3 is 12.1 Å². The van der Waals surface area contributed by atoms with Crippen molar-refractivity contribution in [1.82, 2.24) is 10.4 Å². The van der Waals surface area contributed by atoms with Gasteiger partial charge in [-0.25, -0.2) is 9.59 Å². The van der Waals surface area contributed by atoms with Crippen LogP contribution in [0, 0.1) is 0 Å². The zero-order valence-electron chi connectivity index (χ0n) is 27.5. The summed E-state index contributed by atoms with van der Waals surface area (Å²) in [5, 5.41) is 16.8. The highest BCUT2D eigenvalue weighted by Gasteiger charge is 2.48. The number of fused-ring (bicyclic) bond motifs is 3. The maximum Gasteiger partial charge on any atom is 0.407 e. The van der Waals surface area contributed by atoms with E-state index in [0.717, 1.165) is 38.6 Å². The van der Waals surface area contributed by atoms with E-state index >= 15 is 0 Å². The number of benzene rings is 3. The quantitative estimate of drug-likeness (QED) is 0.159. The fourth-order valence-electron chi connectivity index (χ4n) is 7.13. The molecule has 47 heavy (non-hydrogen) atoms. The zero-order valence-corrected chi connectivity index (χ0v) is 29.0. The summed E-state index contributed by atoms with van der Waals surface area (Å²) < 4.78 is 11.8. The van der Waals surface area contributed by atoms with Gasteiger partial charge in [0.15, 0.2) is 0 Å². The number of nitrogens with zero attached hydrogens (tertiary/aromatic N) is 2. The highest BCUT2D eigenvalue weighted by molar-refractivity contribution is 6.18. The first kappa shape index (κ1) is 35.0. The lowest BCUT2D eigenvalue weighted by molar-refractivity contribution is -0.299. The van der Waals surface area contributed by atoms with Gasteiger partial charge in [-0.2, -0.15) is 0 Å². The van der Waals surface area contributed by atoms with Gasteiger partial charge in [0.1, 0.15) is 18.8 Å². The molecule has 0 spiro atoms. The summed E-state index contributed by atoms with van der Waals surface area (Å²) in [4.78, 5) is 29.2. The number of piperidine rings is 1. The number of esters is 1. The third-order valence-corrected chi connectivity index (χ3v) is 9.55. The van der Waals surface area contributed by atoms with E-state index in [2.05, 4.69) is 34.5 Å². The van der Waals surface area contributed by atoms with Crippen molar-refractivity contribution >= 4 is 41.0 Å². The number of hydroxylamine groups is 2. The number of amides is 1. The van der Waals surface area contributed by atoms with Crippen LogP contribution in [-0.4, -0.2) is 71.8 Å². The molecule has 1 atom stereocenters. The maximum atomic E-state index is 13.8. The first-order valence-electron chi connectivity index (χ1n) is 16.2. The summed E-state index contributed by atoms with van der Waals surface area (Å²) in [6.45, 7) is 8.85. The minimum Gasteiger partial charge on any atom is -0.461 e. The summed E-state index contributed by atoms with van der Waals surface area (Å²) >= 11 is 12.0. The SMILES string of the molecule is CC1(C)CC(OC(=O)C(Cc2ccc(N(CCCl)CCCl)cc2)NC(=O)OCC2c3ccccc3-c3ccccc32)CC(C)(C)N1[O]. The molecule has 1 saturated heterocycles. The van der Waals surface area contributed by atoms with Crippen molar-refractivity contribution in [2.24, 2.45) is 0 Å². The second-order valence-corrected chi connectivity index (χ2v) is 14.4. The number of carbonyl (C=O) groups excluding carboxylic acids is 2. The third-order valence-electron chi connectivity index (χ3n) is 9.21. The molecule has 0 bridgehead atoms. The molecule has 1 heterocycles. The monoisotopic (exact) mass is 680 g/mol. The molecule has 0 saturated carbocycles. The van der Waals surface area contributed by atoms with Crippen LogP contribution in [0.15, 0.2) is 72.8 Å². The Hall–Kier alpha value is -3.30. The molecule has 8 nitrogen and oxygen atoms in total. The fraction of sp³-hybridized carbons (Fsp3) is 0.459. The Labute approximate surface area is 287 Å². The second-order valence-electron chi connectivity index (χ2n) is 13.6. The fourth-order valence-corrected chi connectivity index (χ4v) is 7.54. The molecule has 5 rings (SSSR count). The molecular formula is C37H44Cl2N3O5. The van der Waals surface area contributed by atoms with Crippen LogP contribution < -0.4 is 10.2 Å².